The Morgan fingerprint density at radius 2 is 1.28 bits per heavy atom. The van der Waals surface area contributed by atoms with Crippen LogP contribution in [0.15, 0.2) is 70.8 Å². The number of para-hydroxylation sites is 1. The summed E-state index contributed by atoms with van der Waals surface area (Å²) in [7, 11) is 0. The Kier molecular flexibility index (Phi) is 23.9. The molecule has 27 heteroatoms. The first kappa shape index (κ1) is 59.8. The van der Waals surface area contributed by atoms with Crippen molar-refractivity contribution in [2.45, 2.75) is 126 Å². The Hall–Kier alpha value is -8.78. The molecule has 2 heterocycles. The summed E-state index contributed by atoms with van der Waals surface area (Å²) in [6.45, 7) is 1.23. The van der Waals surface area contributed by atoms with Gasteiger partial charge in [-0.2, -0.15) is 0 Å². The molecule has 7 atom stereocenters. The third-order valence-corrected chi connectivity index (χ3v) is 12.1. The van der Waals surface area contributed by atoms with Gasteiger partial charge in [-0.05, 0) is 68.6 Å². The highest BCUT2D eigenvalue weighted by molar-refractivity contribution is 5.99. The number of primary amides is 1. The summed E-state index contributed by atoms with van der Waals surface area (Å²) in [5.74, 6) is -9.69. The van der Waals surface area contributed by atoms with Crippen molar-refractivity contribution in [3.05, 3.63) is 71.9 Å². The number of aliphatic imine (C=N–C) groups is 2. The van der Waals surface area contributed by atoms with Gasteiger partial charge < -0.3 is 81.3 Å². The highest BCUT2D eigenvalue weighted by atomic mass is 16.4. The fraction of sp³-hybridized carbons (Fsp3) is 0.469. The van der Waals surface area contributed by atoms with E-state index in [0.29, 0.717) is 11.1 Å². The van der Waals surface area contributed by atoms with Crippen molar-refractivity contribution in [1.29, 1.82) is 0 Å². The molecule has 0 saturated carbocycles. The van der Waals surface area contributed by atoms with E-state index in [9.17, 15) is 53.1 Å². The predicted molar refractivity (Wildman–Crippen MR) is 279 cm³/mol. The maximum atomic E-state index is 14.6. The topological polar surface area (TPSA) is 458 Å². The van der Waals surface area contributed by atoms with E-state index in [-0.39, 0.29) is 89.3 Å². The van der Waals surface area contributed by atoms with Crippen LogP contribution in [-0.2, 0) is 60.8 Å². The van der Waals surface area contributed by atoms with Crippen molar-refractivity contribution in [1.82, 2.24) is 47.5 Å². The molecule has 0 radical (unpaired) electrons. The van der Waals surface area contributed by atoms with E-state index in [1.807, 2.05) is 18.2 Å². The molecule has 9 amide bonds. The fourth-order valence-electron chi connectivity index (χ4n) is 8.20. The number of carboxylic acids is 1. The van der Waals surface area contributed by atoms with E-state index in [0.717, 1.165) is 17.8 Å². The number of carbonyl (C=O) groups is 10. The molecule has 0 spiro atoms. The predicted octanol–water partition coefficient (Wildman–Crippen LogP) is -3.49. The zero-order chi connectivity index (χ0) is 55.7. The Balaban J connectivity index is 1.79. The number of nitrogens with one attached hydrogen (secondary N) is 9. The first-order valence-corrected chi connectivity index (χ1v) is 24.8. The molecular weight excluding hydrogens is 989 g/mol. The number of hydrogen-bond acceptors (Lipinski definition) is 12. The maximum Gasteiger partial charge on any atom is 0.303 e. The van der Waals surface area contributed by atoms with E-state index in [1.54, 1.807) is 42.6 Å². The smallest absolute Gasteiger partial charge is 0.303 e. The summed E-state index contributed by atoms with van der Waals surface area (Å²) in [5.41, 5.74) is 29.6. The number of carboxylic acid groups (broad SMARTS) is 1. The molecule has 1 aromatic heterocycles. The van der Waals surface area contributed by atoms with Crippen LogP contribution in [0.2, 0.25) is 0 Å². The molecule has 0 bridgehead atoms. The van der Waals surface area contributed by atoms with Crippen molar-refractivity contribution in [2.75, 3.05) is 19.6 Å². The van der Waals surface area contributed by atoms with Crippen LogP contribution in [0.4, 0.5) is 0 Å². The molecule has 1 saturated heterocycles. The van der Waals surface area contributed by atoms with Crippen LogP contribution in [0.25, 0.3) is 10.9 Å². The van der Waals surface area contributed by atoms with Gasteiger partial charge in [-0.3, -0.25) is 57.9 Å². The van der Waals surface area contributed by atoms with Crippen LogP contribution in [-0.4, -0.2) is 143 Å². The van der Waals surface area contributed by atoms with Gasteiger partial charge in [-0.25, -0.2) is 0 Å². The Labute approximate surface area is 437 Å². The average Bonchev–Trinajstić information content (AvgIpc) is 3.77. The summed E-state index contributed by atoms with van der Waals surface area (Å²) in [5, 5.41) is 31.1. The third kappa shape index (κ3) is 20.6. The van der Waals surface area contributed by atoms with Gasteiger partial charge in [-0.1, -0.05) is 48.5 Å². The lowest BCUT2D eigenvalue weighted by molar-refractivity contribution is -0.139. The lowest BCUT2D eigenvalue weighted by Gasteiger charge is -2.28. The molecule has 2 aromatic carbocycles. The summed E-state index contributed by atoms with van der Waals surface area (Å²) >= 11 is 0. The van der Waals surface area contributed by atoms with Crippen molar-refractivity contribution in [2.24, 2.45) is 38.7 Å². The minimum Gasteiger partial charge on any atom is -0.481 e. The highest BCUT2D eigenvalue weighted by Crippen LogP contribution is 2.20. The minimum atomic E-state index is -1.74. The second-order valence-corrected chi connectivity index (χ2v) is 18.2. The Morgan fingerprint density at radius 3 is 1.92 bits per heavy atom. The molecule has 0 aliphatic carbocycles. The average molecular weight is 1060 g/mol. The summed E-state index contributed by atoms with van der Waals surface area (Å²) < 4.78 is 0. The van der Waals surface area contributed by atoms with Crippen LogP contribution in [0.5, 0.6) is 0 Å². The van der Waals surface area contributed by atoms with Crippen molar-refractivity contribution < 1.29 is 53.1 Å². The zero-order valence-corrected chi connectivity index (χ0v) is 42.2. The van der Waals surface area contributed by atoms with Gasteiger partial charge in [0.25, 0.3) is 0 Å². The van der Waals surface area contributed by atoms with Gasteiger partial charge >= 0.3 is 5.97 Å². The van der Waals surface area contributed by atoms with E-state index in [2.05, 4.69) is 57.5 Å². The van der Waals surface area contributed by atoms with Gasteiger partial charge in [-0.15, -0.1) is 0 Å². The highest BCUT2D eigenvalue weighted by Gasteiger charge is 2.35. The number of aromatic nitrogens is 1. The second-order valence-electron chi connectivity index (χ2n) is 18.2. The number of nitrogens with two attached hydrogens (primary N) is 5. The lowest BCUT2D eigenvalue weighted by atomic mass is 10.0. The molecule has 76 heavy (non-hydrogen) atoms. The van der Waals surface area contributed by atoms with Gasteiger partial charge in [0.05, 0.1) is 6.42 Å². The number of amides is 9. The molecule has 4 rings (SSSR count). The second kappa shape index (κ2) is 30.4. The molecule has 3 unspecified atom stereocenters. The molecule has 1 aliphatic heterocycles. The number of aromatic amines is 1. The van der Waals surface area contributed by atoms with Crippen LogP contribution < -0.4 is 71.2 Å². The largest absolute Gasteiger partial charge is 0.481 e. The number of rotatable bonds is 19. The van der Waals surface area contributed by atoms with Gasteiger partial charge in [0.15, 0.2) is 11.9 Å². The Bertz CT molecular complexity index is 2580. The molecule has 412 valence electrons. The quantitative estimate of drug-likeness (QED) is 0.0315. The summed E-state index contributed by atoms with van der Waals surface area (Å²) in [6, 6.07) is 5.36. The summed E-state index contributed by atoms with van der Waals surface area (Å²) in [4.78, 5) is 147. The minimum absolute atomic E-state index is 0.00938. The fourth-order valence-corrected chi connectivity index (χ4v) is 8.20. The normalized spacial score (nSPS) is 20.9. The number of nitrogens with zero attached hydrogens (tertiary/aromatic N) is 2. The van der Waals surface area contributed by atoms with Crippen molar-refractivity contribution >= 4 is 82.0 Å². The number of H-pyrrole nitrogens is 1. The molecular formula is C49H70N16O11. The molecule has 3 aromatic rings. The van der Waals surface area contributed by atoms with E-state index in [4.69, 9.17) is 28.7 Å². The van der Waals surface area contributed by atoms with Crippen LogP contribution in [0.3, 0.4) is 0 Å². The van der Waals surface area contributed by atoms with Crippen LogP contribution >= 0.6 is 0 Å². The van der Waals surface area contributed by atoms with Gasteiger partial charge in [0.2, 0.25) is 53.2 Å². The third-order valence-electron chi connectivity index (χ3n) is 12.1. The van der Waals surface area contributed by atoms with Crippen LogP contribution in [0.1, 0.15) is 82.3 Å². The number of fused-ring (bicyclic) bond motifs is 1. The Morgan fingerprint density at radius 1 is 0.697 bits per heavy atom. The number of guanidine groups is 2. The molecule has 20 N–H and O–H groups in total. The van der Waals surface area contributed by atoms with Crippen molar-refractivity contribution in [3.63, 3.8) is 0 Å². The first-order chi connectivity index (χ1) is 36.2. The lowest BCUT2D eigenvalue weighted by Crippen LogP contribution is -2.60. The number of hydrogen-bond donors (Lipinski definition) is 15. The molecule has 27 nitrogen and oxygen atoms in total. The van der Waals surface area contributed by atoms with E-state index < -0.39 is 121 Å². The standard InChI is InChI=1S/C49H70N16O11/c1-27(66)59-33(16-9-21-56-48(51)52)42(71)65-38-25-39(67)55-20-8-7-15-32(41(50)70)60-46(75)37(24-29-26-58-31-14-6-5-13-30(29)31)64-43(72)34(17-10-22-57-49(53)54)61-45(74)36(23-28-11-3-2-4-12-28)63-44(73)35(62-47(38)76)18-19-40(68)69/h2-6,11-14,26,32-38,58H,7-10,15-25H2,1H3,(H2,50,70)(H,55,67)(H,59,66)(H,60,75)(H,61,74)(H,62,76)(H,63,73)(H,64,72)(H,65,71)(H,68,69)(H4,51,52,56)(H4,53,54,57)/t32?,33-,34-,35-,36?,37-,38?/m0/s1. The van der Waals surface area contributed by atoms with Crippen molar-refractivity contribution in [3.8, 4) is 0 Å². The summed E-state index contributed by atoms with van der Waals surface area (Å²) in [6.07, 6.45) is 0.0287. The maximum absolute atomic E-state index is 14.6. The molecule has 1 fully saturated rings. The number of aliphatic carboxylic acids is 1. The molecule has 1 aliphatic rings. The van der Waals surface area contributed by atoms with E-state index in [1.165, 1.54) is 0 Å². The monoisotopic (exact) mass is 1060 g/mol. The first-order valence-electron chi connectivity index (χ1n) is 24.8. The van der Waals surface area contributed by atoms with Crippen LogP contribution in [0, 0.1) is 0 Å². The van der Waals surface area contributed by atoms with Gasteiger partial charge in [0.1, 0.15) is 42.3 Å². The number of benzene rings is 2. The zero-order valence-electron chi connectivity index (χ0n) is 42.2. The number of carbonyl (C=O) groups excluding carboxylic acids is 9. The van der Waals surface area contributed by atoms with E-state index >= 15 is 0 Å². The SMILES string of the molecule is CC(=O)N[C@@H](CCCN=C(N)N)C(=O)NC1CC(=O)NCCCCC(C(N)=O)NC(=O)[C@H](Cc2c[nH]c3ccccc23)NC(=O)[C@H](CCCN=C(N)N)NC(=O)C(Cc2ccccc2)NC(=O)[C@H](CCC(=O)O)NC1=O. The van der Waals surface area contributed by atoms with Gasteiger partial charge in [0, 0.05) is 62.9 Å².